The Morgan fingerprint density at radius 2 is 1.88 bits per heavy atom. The molecule has 0 aromatic heterocycles. The molecule has 0 saturated carbocycles. The second kappa shape index (κ2) is 10.1. The van der Waals surface area contributed by atoms with E-state index in [0.29, 0.717) is 31.8 Å². The van der Waals surface area contributed by atoms with Gasteiger partial charge in [-0.1, -0.05) is 13.8 Å². The minimum absolute atomic E-state index is 0.0522. The van der Waals surface area contributed by atoms with Crippen LogP contribution >= 0.6 is 0 Å². The molecule has 100 valence electrons. The first-order valence-electron chi connectivity index (χ1n) is 6.25. The van der Waals surface area contributed by atoms with Crippen LogP contribution in [0.3, 0.4) is 0 Å². The van der Waals surface area contributed by atoms with Crippen LogP contribution in [0.5, 0.6) is 0 Å². The van der Waals surface area contributed by atoms with E-state index >= 15 is 0 Å². The lowest BCUT2D eigenvalue weighted by molar-refractivity contribution is -0.137. The lowest BCUT2D eigenvalue weighted by Gasteiger charge is -2.10. The van der Waals surface area contributed by atoms with Crippen LogP contribution in [-0.4, -0.2) is 36.6 Å². The number of carbonyl (C=O) groups is 2. The lowest BCUT2D eigenvalue weighted by atomic mass is 10.0. The van der Waals surface area contributed by atoms with Gasteiger partial charge in [0, 0.05) is 25.9 Å². The third-order valence-corrected chi connectivity index (χ3v) is 2.59. The number of aliphatic carboxylic acids is 1. The van der Waals surface area contributed by atoms with Gasteiger partial charge in [-0.2, -0.15) is 0 Å². The molecule has 1 unspecified atom stereocenters. The van der Waals surface area contributed by atoms with Crippen LogP contribution in [0.1, 0.15) is 39.5 Å². The summed E-state index contributed by atoms with van der Waals surface area (Å²) in [6.07, 6.45) is 2.20. The second-order valence-corrected chi connectivity index (χ2v) is 4.28. The van der Waals surface area contributed by atoms with Crippen LogP contribution in [0.15, 0.2) is 0 Å². The highest BCUT2D eigenvalue weighted by Crippen LogP contribution is 2.08. The largest absolute Gasteiger partial charge is 0.481 e. The highest BCUT2D eigenvalue weighted by Gasteiger charge is 2.06. The molecule has 0 radical (unpaired) electrons. The summed E-state index contributed by atoms with van der Waals surface area (Å²) in [7, 11) is 0. The number of hydrogen-bond acceptors (Lipinski definition) is 3. The van der Waals surface area contributed by atoms with E-state index in [1.54, 1.807) is 0 Å². The van der Waals surface area contributed by atoms with Crippen molar-refractivity contribution in [3.63, 3.8) is 0 Å². The smallest absolute Gasteiger partial charge is 0.303 e. The number of carboxylic acids is 1. The molecule has 1 atom stereocenters. The summed E-state index contributed by atoms with van der Waals surface area (Å²) in [4.78, 5) is 21.7. The highest BCUT2D eigenvalue weighted by molar-refractivity contribution is 5.75. The van der Waals surface area contributed by atoms with Gasteiger partial charge in [0.25, 0.3) is 0 Å². The summed E-state index contributed by atoms with van der Waals surface area (Å²) in [6, 6.07) is 0. The molecule has 0 aliphatic heterocycles. The average molecular weight is 244 g/mol. The van der Waals surface area contributed by atoms with E-state index in [2.05, 4.69) is 10.6 Å². The van der Waals surface area contributed by atoms with Gasteiger partial charge in [-0.15, -0.1) is 0 Å². The van der Waals surface area contributed by atoms with Gasteiger partial charge in [-0.25, -0.2) is 0 Å². The van der Waals surface area contributed by atoms with Crippen LogP contribution in [-0.2, 0) is 9.59 Å². The minimum atomic E-state index is -0.758. The van der Waals surface area contributed by atoms with Gasteiger partial charge in [0.1, 0.15) is 0 Å². The predicted octanol–water partition coefficient (Wildman–Crippen LogP) is 0.993. The molecule has 0 bridgehead atoms. The van der Waals surface area contributed by atoms with E-state index in [9.17, 15) is 9.59 Å². The molecule has 0 fully saturated rings. The third kappa shape index (κ3) is 11.2. The van der Waals surface area contributed by atoms with Crippen LogP contribution in [0.25, 0.3) is 0 Å². The fraction of sp³-hybridized carbons (Fsp3) is 0.833. The molecule has 0 aliphatic carbocycles. The maximum Gasteiger partial charge on any atom is 0.303 e. The van der Waals surface area contributed by atoms with Crippen LogP contribution in [0.2, 0.25) is 0 Å². The van der Waals surface area contributed by atoms with Gasteiger partial charge in [0.2, 0.25) is 5.91 Å². The van der Waals surface area contributed by atoms with Crippen LogP contribution in [0.4, 0.5) is 0 Å². The molecule has 5 heteroatoms. The molecule has 17 heavy (non-hydrogen) atoms. The van der Waals surface area contributed by atoms with Crippen molar-refractivity contribution in [3.05, 3.63) is 0 Å². The van der Waals surface area contributed by atoms with Gasteiger partial charge < -0.3 is 15.7 Å². The number of carbonyl (C=O) groups excluding carboxylic acids is 1. The number of amides is 1. The average Bonchev–Trinajstić information content (AvgIpc) is 2.27. The van der Waals surface area contributed by atoms with Gasteiger partial charge in [0.05, 0.1) is 0 Å². The fourth-order valence-electron chi connectivity index (χ4n) is 1.44. The first kappa shape index (κ1) is 15.9. The van der Waals surface area contributed by atoms with Gasteiger partial charge in [-0.3, -0.25) is 9.59 Å². The molecule has 0 saturated heterocycles. The van der Waals surface area contributed by atoms with Crippen molar-refractivity contribution in [2.75, 3.05) is 19.6 Å². The van der Waals surface area contributed by atoms with E-state index in [1.165, 1.54) is 0 Å². The van der Waals surface area contributed by atoms with Crippen molar-refractivity contribution in [2.24, 2.45) is 5.92 Å². The summed E-state index contributed by atoms with van der Waals surface area (Å²) in [5.41, 5.74) is 0. The summed E-state index contributed by atoms with van der Waals surface area (Å²) in [5.74, 6) is -0.372. The van der Waals surface area contributed by atoms with Gasteiger partial charge in [0.15, 0.2) is 0 Å². The molecule has 0 aromatic rings. The molecular formula is C12H24N2O3. The first-order valence-corrected chi connectivity index (χ1v) is 6.25. The summed E-state index contributed by atoms with van der Waals surface area (Å²) in [5, 5.41) is 14.4. The topological polar surface area (TPSA) is 78.4 Å². The zero-order valence-electron chi connectivity index (χ0n) is 10.8. The Balaban J connectivity index is 3.42. The monoisotopic (exact) mass is 244 g/mol. The summed E-state index contributed by atoms with van der Waals surface area (Å²) < 4.78 is 0. The zero-order chi connectivity index (χ0) is 13.1. The Hall–Kier alpha value is -1.10. The molecule has 1 amide bonds. The van der Waals surface area contributed by atoms with E-state index in [4.69, 9.17) is 5.11 Å². The van der Waals surface area contributed by atoms with E-state index < -0.39 is 5.97 Å². The molecule has 0 spiro atoms. The van der Waals surface area contributed by atoms with Crippen LogP contribution < -0.4 is 10.6 Å². The Morgan fingerprint density at radius 1 is 1.18 bits per heavy atom. The summed E-state index contributed by atoms with van der Waals surface area (Å²) >= 11 is 0. The maximum absolute atomic E-state index is 11.3. The minimum Gasteiger partial charge on any atom is -0.481 e. The molecule has 5 nitrogen and oxygen atoms in total. The molecule has 0 heterocycles. The van der Waals surface area contributed by atoms with Crippen molar-refractivity contribution < 1.29 is 14.7 Å². The molecule has 0 rings (SSSR count). The Morgan fingerprint density at radius 3 is 2.47 bits per heavy atom. The van der Waals surface area contributed by atoms with Crippen molar-refractivity contribution >= 4 is 11.9 Å². The molecular weight excluding hydrogens is 220 g/mol. The summed E-state index contributed by atoms with van der Waals surface area (Å²) in [6.45, 7) is 6.22. The van der Waals surface area contributed by atoms with E-state index in [0.717, 1.165) is 13.0 Å². The van der Waals surface area contributed by atoms with E-state index in [-0.39, 0.29) is 12.3 Å². The third-order valence-electron chi connectivity index (χ3n) is 2.59. The molecule has 0 aliphatic rings. The molecule has 0 aromatic carbocycles. The van der Waals surface area contributed by atoms with Crippen molar-refractivity contribution in [1.82, 2.24) is 10.6 Å². The fourth-order valence-corrected chi connectivity index (χ4v) is 1.44. The standard InChI is InChI=1S/C12H24N2O3/c1-3-13-8-7-11(15)14-9-6-10(2)4-5-12(16)17/h10,13H,3-9H2,1-2H3,(H,14,15)(H,16,17). The Labute approximate surface area is 103 Å². The van der Waals surface area contributed by atoms with Gasteiger partial charge >= 0.3 is 5.97 Å². The Bertz CT molecular complexity index is 232. The zero-order valence-corrected chi connectivity index (χ0v) is 10.8. The van der Waals surface area contributed by atoms with Crippen LogP contribution in [0, 0.1) is 5.92 Å². The number of nitrogens with one attached hydrogen (secondary N) is 2. The van der Waals surface area contributed by atoms with Crippen molar-refractivity contribution in [1.29, 1.82) is 0 Å². The van der Waals surface area contributed by atoms with Crippen molar-refractivity contribution in [2.45, 2.75) is 39.5 Å². The highest BCUT2D eigenvalue weighted by atomic mass is 16.4. The number of rotatable bonds is 10. The normalized spacial score (nSPS) is 12.1. The SMILES string of the molecule is CCNCCC(=O)NCCC(C)CCC(=O)O. The quantitative estimate of drug-likeness (QED) is 0.501. The maximum atomic E-state index is 11.3. The Kier molecular flexibility index (Phi) is 9.43. The van der Waals surface area contributed by atoms with Gasteiger partial charge in [-0.05, 0) is 25.3 Å². The lowest BCUT2D eigenvalue weighted by Crippen LogP contribution is -2.29. The predicted molar refractivity (Wildman–Crippen MR) is 66.8 cm³/mol. The molecule has 3 N–H and O–H groups in total. The first-order chi connectivity index (χ1) is 8.06. The van der Waals surface area contributed by atoms with Crippen molar-refractivity contribution in [3.8, 4) is 0 Å². The number of carboxylic acid groups (broad SMARTS) is 1. The number of hydrogen-bond donors (Lipinski definition) is 3. The van der Waals surface area contributed by atoms with E-state index in [1.807, 2.05) is 13.8 Å². The second-order valence-electron chi connectivity index (χ2n) is 4.28.